The molecular weight excluding hydrogens is 784 g/mol. The van der Waals surface area contributed by atoms with Gasteiger partial charge in [0.15, 0.2) is 0 Å². The molecule has 4 rings (SSSR count). The van der Waals surface area contributed by atoms with E-state index in [1.807, 2.05) is 68.4 Å². The number of esters is 1. The maximum Gasteiger partial charge on any atom is 0.411 e. The summed E-state index contributed by atoms with van der Waals surface area (Å²) in [6.07, 6.45) is 2.32. The molecule has 3 aromatic rings. The molecule has 1 fully saturated rings. The van der Waals surface area contributed by atoms with Crippen LogP contribution in [0.15, 0.2) is 78.9 Å². The maximum absolute atomic E-state index is 14.5. The molecule has 1 aliphatic carbocycles. The van der Waals surface area contributed by atoms with E-state index in [2.05, 4.69) is 10.6 Å². The van der Waals surface area contributed by atoms with E-state index < -0.39 is 65.6 Å². The van der Waals surface area contributed by atoms with Gasteiger partial charge in [-0.25, -0.2) is 18.8 Å². The van der Waals surface area contributed by atoms with Gasteiger partial charge in [-0.15, -0.1) is 0 Å². The number of carbonyl (C=O) groups is 5. The van der Waals surface area contributed by atoms with Crippen LogP contribution in [-0.4, -0.2) is 96.3 Å². The predicted molar refractivity (Wildman–Crippen MR) is 229 cm³/mol. The molecule has 2 N–H and O–H groups in total. The third kappa shape index (κ3) is 16.0. The van der Waals surface area contributed by atoms with E-state index in [4.69, 9.17) is 18.9 Å². The van der Waals surface area contributed by atoms with Crippen LogP contribution in [0.25, 0.3) is 0 Å². The molecule has 0 unspecified atom stereocenters. The van der Waals surface area contributed by atoms with Crippen molar-refractivity contribution in [2.75, 3.05) is 26.7 Å². The van der Waals surface area contributed by atoms with E-state index in [9.17, 15) is 28.4 Å². The zero-order valence-electron chi connectivity index (χ0n) is 36.6. The summed E-state index contributed by atoms with van der Waals surface area (Å²) in [5.41, 5.74) is 1.55. The molecule has 3 aromatic carbocycles. The van der Waals surface area contributed by atoms with E-state index in [1.165, 1.54) is 41.1 Å². The molecule has 1 aliphatic rings. The predicted octanol–water partition coefficient (Wildman–Crippen LogP) is 7.39. The van der Waals surface area contributed by atoms with Crippen molar-refractivity contribution in [1.82, 2.24) is 20.4 Å². The van der Waals surface area contributed by atoms with Gasteiger partial charge < -0.3 is 34.5 Å². The number of unbranched alkanes of at least 4 members (excludes halogenated alkanes) is 1. The van der Waals surface area contributed by atoms with Gasteiger partial charge in [0.1, 0.15) is 48.0 Å². The highest BCUT2D eigenvalue weighted by Gasteiger charge is 2.46. The molecule has 0 heterocycles. The van der Waals surface area contributed by atoms with Crippen LogP contribution < -0.4 is 15.4 Å². The molecule has 4 amide bonds. The third-order valence-corrected chi connectivity index (χ3v) is 10.1. The Morgan fingerprint density at radius 3 is 2.20 bits per heavy atom. The third-order valence-electron chi connectivity index (χ3n) is 10.1. The number of carbonyl (C=O) groups excluding carboxylic acids is 5. The van der Waals surface area contributed by atoms with Crippen molar-refractivity contribution < 1.29 is 47.3 Å². The number of para-hydroxylation sites is 1. The average Bonchev–Trinajstić information content (AvgIpc) is 4.07. The van der Waals surface area contributed by atoms with Gasteiger partial charge in [-0.3, -0.25) is 14.5 Å². The normalized spacial score (nSPS) is 14.4. The molecule has 61 heavy (non-hydrogen) atoms. The highest BCUT2D eigenvalue weighted by atomic mass is 19.1. The van der Waals surface area contributed by atoms with Crippen molar-refractivity contribution in [3.05, 3.63) is 101 Å². The summed E-state index contributed by atoms with van der Waals surface area (Å²) >= 11 is 0. The number of hydrogen-bond donors (Lipinski definition) is 2. The summed E-state index contributed by atoms with van der Waals surface area (Å²) in [5.74, 6) is -1.69. The summed E-state index contributed by atoms with van der Waals surface area (Å²) in [7, 11) is 1.50. The molecule has 13 nitrogen and oxygen atoms in total. The SMILES string of the molecule is CCCCOC(=O)[C@@H](Cc1ccc(F)cc1)NC(=O)[C@@H](C)N(C)C(=O)[C@H](C1CC1)N(C[C@@H](C)Oc1ccccc1CCCNC(=O)OCc1ccccc1)C(=O)OC(C)(C)C. The van der Waals surface area contributed by atoms with Crippen molar-refractivity contribution in [2.45, 2.75) is 123 Å². The number of rotatable bonds is 22. The standard InChI is InChI=1S/C47H63FN4O9/c1-8-9-28-58-44(55)39(29-34-21-25-38(48)26-22-34)50-42(53)33(3)51(7)43(54)41(37-23-24-37)52(46(57)61-47(4,5)6)30-32(2)60-40-20-14-13-18-36(40)19-15-27-49-45(56)59-31-35-16-11-10-12-17-35/h10-14,16-18,20-22,25-26,32-33,37,39,41H,8-9,15,19,23-24,27-31H2,1-7H3,(H,49,56)(H,50,53)/t32-,33-,39-,41+/m1/s1. The second kappa shape index (κ2) is 23.4. The molecule has 0 radical (unpaired) electrons. The van der Waals surface area contributed by atoms with Gasteiger partial charge >= 0.3 is 18.2 Å². The molecule has 0 spiro atoms. The van der Waals surface area contributed by atoms with Gasteiger partial charge in [0.2, 0.25) is 11.8 Å². The fraction of sp³-hybridized carbons (Fsp3) is 0.511. The molecule has 0 bridgehead atoms. The van der Waals surface area contributed by atoms with Crippen LogP contribution in [0.5, 0.6) is 5.75 Å². The van der Waals surface area contributed by atoms with Gasteiger partial charge in [-0.1, -0.05) is 74.0 Å². The summed E-state index contributed by atoms with van der Waals surface area (Å²) in [5, 5.41) is 5.54. The first-order valence-corrected chi connectivity index (χ1v) is 21.2. The van der Waals surface area contributed by atoms with Crippen LogP contribution in [0.3, 0.4) is 0 Å². The van der Waals surface area contributed by atoms with Gasteiger partial charge in [0.25, 0.3) is 0 Å². The first-order valence-electron chi connectivity index (χ1n) is 21.2. The molecule has 0 aromatic heterocycles. The number of likely N-dealkylation sites (N-methyl/N-ethyl adjacent to an activating group) is 1. The number of ether oxygens (including phenoxy) is 4. The first kappa shape index (κ1) is 48.0. The van der Waals surface area contributed by atoms with Crippen LogP contribution >= 0.6 is 0 Å². The van der Waals surface area contributed by atoms with Crippen LogP contribution in [0.1, 0.15) is 90.3 Å². The van der Waals surface area contributed by atoms with E-state index in [1.54, 1.807) is 27.7 Å². The molecule has 0 saturated heterocycles. The summed E-state index contributed by atoms with van der Waals surface area (Å²) < 4.78 is 36.7. The van der Waals surface area contributed by atoms with E-state index in [-0.39, 0.29) is 32.1 Å². The quantitative estimate of drug-likeness (QED) is 0.0599. The number of benzene rings is 3. The number of nitrogens with zero attached hydrogens (tertiary/aromatic N) is 2. The number of aryl methyl sites for hydroxylation is 1. The topological polar surface area (TPSA) is 153 Å². The summed E-state index contributed by atoms with van der Waals surface area (Å²) in [6.45, 7) is 11.3. The van der Waals surface area contributed by atoms with Crippen molar-refractivity contribution in [1.29, 1.82) is 0 Å². The zero-order valence-corrected chi connectivity index (χ0v) is 36.6. The molecule has 1 saturated carbocycles. The minimum Gasteiger partial charge on any atom is -0.489 e. The molecule has 14 heteroatoms. The van der Waals surface area contributed by atoms with Crippen molar-refractivity contribution >= 4 is 30.0 Å². The Bertz CT molecular complexity index is 1880. The van der Waals surface area contributed by atoms with Crippen molar-refractivity contribution in [2.24, 2.45) is 5.92 Å². The lowest BCUT2D eigenvalue weighted by Gasteiger charge is -2.37. The first-order chi connectivity index (χ1) is 29.1. The van der Waals surface area contributed by atoms with E-state index in [0.29, 0.717) is 50.0 Å². The summed E-state index contributed by atoms with van der Waals surface area (Å²) in [4.78, 5) is 70.4. The minimum absolute atomic E-state index is 0.00271. The van der Waals surface area contributed by atoms with Gasteiger partial charge in [-0.2, -0.15) is 0 Å². The zero-order chi connectivity index (χ0) is 44.5. The Morgan fingerprint density at radius 2 is 1.54 bits per heavy atom. The lowest BCUT2D eigenvalue weighted by molar-refractivity contribution is -0.149. The number of alkyl carbamates (subject to hydrolysis) is 1. The average molecular weight is 847 g/mol. The monoisotopic (exact) mass is 846 g/mol. The van der Waals surface area contributed by atoms with Gasteiger partial charge in [0.05, 0.1) is 13.2 Å². The fourth-order valence-electron chi connectivity index (χ4n) is 6.56. The van der Waals surface area contributed by atoms with Crippen LogP contribution in [0, 0.1) is 11.7 Å². The second-order valence-corrected chi connectivity index (χ2v) is 16.6. The largest absolute Gasteiger partial charge is 0.489 e. The maximum atomic E-state index is 14.5. The number of amides is 4. The molecule has 4 atom stereocenters. The summed E-state index contributed by atoms with van der Waals surface area (Å²) in [6, 6.07) is 19.5. The minimum atomic E-state index is -1.09. The lowest BCUT2D eigenvalue weighted by Crippen LogP contribution is -2.58. The molecular formula is C47H63FN4O9. The van der Waals surface area contributed by atoms with E-state index >= 15 is 0 Å². The van der Waals surface area contributed by atoms with E-state index in [0.717, 1.165) is 17.5 Å². The van der Waals surface area contributed by atoms with Crippen molar-refractivity contribution in [3.8, 4) is 5.75 Å². The molecule has 332 valence electrons. The van der Waals surface area contributed by atoms with Gasteiger partial charge in [-0.05, 0) is 108 Å². The molecule has 0 aliphatic heterocycles. The Labute approximate surface area is 359 Å². The van der Waals surface area contributed by atoms with Crippen molar-refractivity contribution in [3.63, 3.8) is 0 Å². The number of hydrogen-bond acceptors (Lipinski definition) is 9. The highest BCUT2D eigenvalue weighted by molar-refractivity contribution is 5.93. The van der Waals surface area contributed by atoms with Crippen LogP contribution in [0.4, 0.5) is 14.0 Å². The Kier molecular flexibility index (Phi) is 18.4. The highest BCUT2D eigenvalue weighted by Crippen LogP contribution is 2.37. The van der Waals surface area contributed by atoms with Gasteiger partial charge in [0, 0.05) is 20.0 Å². The lowest BCUT2D eigenvalue weighted by atomic mass is 10.0. The Morgan fingerprint density at radius 1 is 0.869 bits per heavy atom. The fourth-order valence-corrected chi connectivity index (χ4v) is 6.56. The number of halogens is 1. The second-order valence-electron chi connectivity index (χ2n) is 16.6. The Balaban J connectivity index is 1.44. The van der Waals surface area contributed by atoms with Crippen LogP contribution in [0.2, 0.25) is 0 Å². The Hall–Kier alpha value is -5.66. The number of nitrogens with one attached hydrogen (secondary N) is 2. The smallest absolute Gasteiger partial charge is 0.411 e. The van der Waals surface area contributed by atoms with Crippen LogP contribution in [-0.2, 0) is 48.0 Å².